The van der Waals surface area contributed by atoms with E-state index < -0.39 is 5.66 Å². The summed E-state index contributed by atoms with van der Waals surface area (Å²) in [7, 11) is 0. The molecule has 1 N–H and O–H groups in total. The fourth-order valence-corrected chi connectivity index (χ4v) is 4.26. The van der Waals surface area contributed by atoms with E-state index in [1.165, 1.54) is 0 Å². The largest absolute Gasteiger partial charge is 0.315 e. The molecule has 1 atom stereocenters. The zero-order valence-corrected chi connectivity index (χ0v) is 16.6. The number of carbonyl (C=O) groups excluding carboxylic acids is 3. The second kappa shape index (κ2) is 7.31. The molecule has 7 nitrogen and oxygen atoms in total. The number of rotatable bonds is 5. The highest BCUT2D eigenvalue weighted by Gasteiger charge is 2.52. The number of amides is 3. The molecule has 29 heavy (non-hydrogen) atoms. The number of aryl methyl sites for hydroxylation is 1. The minimum atomic E-state index is -0.683. The third kappa shape index (κ3) is 3.37. The van der Waals surface area contributed by atoms with E-state index in [0.717, 1.165) is 5.69 Å². The summed E-state index contributed by atoms with van der Waals surface area (Å²) < 4.78 is 0. The minimum absolute atomic E-state index is 0.0284. The summed E-state index contributed by atoms with van der Waals surface area (Å²) in [5.74, 6) is 0.325. The number of pyridine rings is 1. The SMILES string of the molecule is Cc1cccc(NC(=O)CCCN2C(=O)c3ccccc3N3C(=O)CC[C@@]23C)n1. The van der Waals surface area contributed by atoms with E-state index in [1.54, 1.807) is 28.0 Å². The van der Waals surface area contributed by atoms with E-state index in [-0.39, 0.29) is 24.1 Å². The smallest absolute Gasteiger partial charge is 0.257 e. The monoisotopic (exact) mass is 392 g/mol. The zero-order chi connectivity index (χ0) is 20.6. The van der Waals surface area contributed by atoms with E-state index in [2.05, 4.69) is 10.3 Å². The Morgan fingerprint density at radius 2 is 1.97 bits per heavy atom. The molecule has 0 aliphatic carbocycles. The van der Waals surface area contributed by atoms with E-state index in [1.807, 2.05) is 38.1 Å². The molecule has 1 aromatic carbocycles. The lowest BCUT2D eigenvalue weighted by Gasteiger charge is -2.48. The molecule has 1 saturated heterocycles. The van der Waals surface area contributed by atoms with Crippen LogP contribution in [0.1, 0.15) is 48.7 Å². The lowest BCUT2D eigenvalue weighted by molar-refractivity contribution is -0.118. The van der Waals surface area contributed by atoms with Gasteiger partial charge >= 0.3 is 0 Å². The Morgan fingerprint density at radius 3 is 2.76 bits per heavy atom. The second-order valence-corrected chi connectivity index (χ2v) is 7.74. The maximum Gasteiger partial charge on any atom is 0.257 e. The number of anilines is 2. The van der Waals surface area contributed by atoms with Crippen molar-refractivity contribution >= 4 is 29.2 Å². The topological polar surface area (TPSA) is 82.6 Å². The first-order valence-corrected chi connectivity index (χ1v) is 9.88. The van der Waals surface area contributed by atoms with Crippen molar-refractivity contribution in [3.05, 3.63) is 53.7 Å². The predicted octanol–water partition coefficient (Wildman–Crippen LogP) is 3.11. The quantitative estimate of drug-likeness (QED) is 0.848. The van der Waals surface area contributed by atoms with Gasteiger partial charge in [0.2, 0.25) is 11.8 Å². The Labute approximate surface area is 169 Å². The van der Waals surface area contributed by atoms with Gasteiger partial charge in [-0.05, 0) is 51.0 Å². The molecule has 3 amide bonds. The molecule has 2 aliphatic heterocycles. The maximum atomic E-state index is 13.2. The van der Waals surface area contributed by atoms with Crippen molar-refractivity contribution in [3.63, 3.8) is 0 Å². The van der Waals surface area contributed by atoms with Crippen LogP contribution in [-0.2, 0) is 9.59 Å². The van der Waals surface area contributed by atoms with Crippen LogP contribution in [0.2, 0.25) is 0 Å². The highest BCUT2D eigenvalue weighted by molar-refractivity contribution is 6.10. The molecule has 0 saturated carbocycles. The Kier molecular flexibility index (Phi) is 4.82. The number of nitrogens with zero attached hydrogens (tertiary/aromatic N) is 3. The first-order valence-electron chi connectivity index (χ1n) is 9.88. The van der Waals surface area contributed by atoms with Gasteiger partial charge in [-0.2, -0.15) is 0 Å². The zero-order valence-electron chi connectivity index (χ0n) is 16.6. The second-order valence-electron chi connectivity index (χ2n) is 7.74. The average molecular weight is 392 g/mol. The van der Waals surface area contributed by atoms with Crippen molar-refractivity contribution in [2.45, 2.75) is 45.2 Å². The van der Waals surface area contributed by atoms with Crippen molar-refractivity contribution in [3.8, 4) is 0 Å². The first kappa shape index (κ1) is 19.1. The fourth-order valence-electron chi connectivity index (χ4n) is 4.26. The van der Waals surface area contributed by atoms with Gasteiger partial charge in [-0.1, -0.05) is 18.2 Å². The van der Waals surface area contributed by atoms with Gasteiger partial charge in [0.25, 0.3) is 5.91 Å². The van der Waals surface area contributed by atoms with Gasteiger partial charge in [-0.15, -0.1) is 0 Å². The minimum Gasteiger partial charge on any atom is -0.315 e. The van der Waals surface area contributed by atoms with Crippen molar-refractivity contribution in [2.75, 3.05) is 16.8 Å². The first-order chi connectivity index (χ1) is 13.9. The number of fused-ring (bicyclic) bond motifs is 3. The van der Waals surface area contributed by atoms with E-state index in [4.69, 9.17) is 0 Å². The summed E-state index contributed by atoms with van der Waals surface area (Å²) in [5.41, 5.74) is 1.37. The fraction of sp³-hybridized carbons (Fsp3) is 0.364. The highest BCUT2D eigenvalue weighted by Crippen LogP contribution is 2.43. The van der Waals surface area contributed by atoms with Crippen LogP contribution >= 0.6 is 0 Å². The summed E-state index contributed by atoms with van der Waals surface area (Å²) in [5, 5.41) is 2.79. The van der Waals surface area contributed by atoms with Gasteiger partial charge in [-0.3, -0.25) is 19.3 Å². The number of hydrogen-bond acceptors (Lipinski definition) is 4. The molecule has 2 aromatic rings. The normalized spacial score (nSPS) is 20.5. The Balaban J connectivity index is 1.46. The molecule has 1 aromatic heterocycles. The van der Waals surface area contributed by atoms with Crippen LogP contribution in [0.15, 0.2) is 42.5 Å². The molecule has 0 spiro atoms. The van der Waals surface area contributed by atoms with Crippen LogP contribution in [0.5, 0.6) is 0 Å². The van der Waals surface area contributed by atoms with Crippen molar-refractivity contribution in [1.29, 1.82) is 0 Å². The van der Waals surface area contributed by atoms with Crippen molar-refractivity contribution < 1.29 is 14.4 Å². The molecular formula is C22H24N4O3. The molecule has 2 aliphatic rings. The van der Waals surface area contributed by atoms with E-state index in [9.17, 15) is 14.4 Å². The van der Waals surface area contributed by atoms with Gasteiger partial charge < -0.3 is 10.2 Å². The summed E-state index contributed by atoms with van der Waals surface area (Å²) >= 11 is 0. The number of aromatic nitrogens is 1. The number of benzene rings is 1. The molecule has 0 radical (unpaired) electrons. The number of para-hydroxylation sites is 1. The van der Waals surface area contributed by atoms with Gasteiger partial charge in [0.1, 0.15) is 11.5 Å². The van der Waals surface area contributed by atoms with Crippen LogP contribution in [0, 0.1) is 6.92 Å². The van der Waals surface area contributed by atoms with Gasteiger partial charge in [-0.25, -0.2) is 4.98 Å². The van der Waals surface area contributed by atoms with Gasteiger partial charge in [0.15, 0.2) is 0 Å². The number of nitrogens with one attached hydrogen (secondary N) is 1. The molecule has 1 fully saturated rings. The lowest BCUT2D eigenvalue weighted by atomic mass is 9.98. The molecule has 150 valence electrons. The molecule has 0 unspecified atom stereocenters. The Hall–Kier alpha value is -3.22. The lowest BCUT2D eigenvalue weighted by Crippen LogP contribution is -2.62. The molecular weight excluding hydrogens is 368 g/mol. The maximum absolute atomic E-state index is 13.2. The standard InChI is InChI=1S/C22H24N4O3/c1-15-7-5-10-18(23-15)24-19(27)11-6-14-25-21(29)16-8-3-4-9-17(16)26-20(28)12-13-22(25,26)2/h3-5,7-10H,6,11-14H2,1-2H3,(H,23,24,27)/t22-/m0/s1. The van der Waals surface area contributed by atoms with Crippen LogP contribution < -0.4 is 10.2 Å². The van der Waals surface area contributed by atoms with Crippen molar-refractivity contribution in [2.24, 2.45) is 0 Å². The summed E-state index contributed by atoms with van der Waals surface area (Å²) in [6.45, 7) is 4.20. The Bertz CT molecular complexity index is 990. The molecule has 4 rings (SSSR count). The number of hydrogen-bond donors (Lipinski definition) is 1. The molecule has 7 heteroatoms. The molecule has 3 heterocycles. The third-order valence-electron chi connectivity index (χ3n) is 5.69. The molecule has 0 bridgehead atoms. The Morgan fingerprint density at radius 1 is 1.17 bits per heavy atom. The summed E-state index contributed by atoms with van der Waals surface area (Å²) in [6, 6.07) is 12.7. The number of carbonyl (C=O) groups is 3. The average Bonchev–Trinajstić information content (AvgIpc) is 3.00. The van der Waals surface area contributed by atoms with Gasteiger partial charge in [0.05, 0.1) is 11.3 Å². The van der Waals surface area contributed by atoms with Crippen LogP contribution in [0.4, 0.5) is 11.5 Å². The van der Waals surface area contributed by atoms with E-state index >= 15 is 0 Å². The van der Waals surface area contributed by atoms with Crippen LogP contribution in [-0.4, -0.2) is 39.8 Å². The third-order valence-corrected chi connectivity index (χ3v) is 5.69. The van der Waals surface area contributed by atoms with Crippen molar-refractivity contribution in [1.82, 2.24) is 9.88 Å². The summed E-state index contributed by atoms with van der Waals surface area (Å²) in [6.07, 6.45) is 1.77. The van der Waals surface area contributed by atoms with Crippen LogP contribution in [0.25, 0.3) is 0 Å². The van der Waals surface area contributed by atoms with E-state index in [0.29, 0.717) is 42.9 Å². The van der Waals surface area contributed by atoms with Gasteiger partial charge in [0, 0.05) is 25.1 Å². The van der Waals surface area contributed by atoms with Crippen LogP contribution in [0.3, 0.4) is 0 Å². The highest BCUT2D eigenvalue weighted by atomic mass is 16.2. The summed E-state index contributed by atoms with van der Waals surface area (Å²) in [4.78, 5) is 45.8. The predicted molar refractivity (Wildman–Crippen MR) is 109 cm³/mol.